The van der Waals surface area contributed by atoms with Crippen molar-refractivity contribution in [2.24, 2.45) is 5.73 Å². The average Bonchev–Trinajstić information content (AvgIpc) is 2.90. The number of methoxy groups -OCH3 is 1. The molecule has 0 aromatic heterocycles. The minimum Gasteiger partial charge on any atom is -0.496 e. The lowest BCUT2D eigenvalue weighted by molar-refractivity contribution is -0.123. The molecule has 1 aliphatic heterocycles. The maximum atomic E-state index is 12.8. The first-order valence-corrected chi connectivity index (χ1v) is 10.2. The van der Waals surface area contributed by atoms with Crippen LogP contribution in [0.2, 0.25) is 0 Å². The van der Waals surface area contributed by atoms with E-state index in [2.05, 4.69) is 15.4 Å². The number of sulfonamides is 1. The molecule has 1 aliphatic rings. The van der Waals surface area contributed by atoms with Crippen LogP contribution >= 0.6 is 0 Å². The van der Waals surface area contributed by atoms with E-state index < -0.39 is 27.5 Å². The lowest BCUT2D eigenvalue weighted by Gasteiger charge is -2.24. The molecule has 1 aromatic rings. The molecule has 1 heterocycles. The second-order valence-electron chi connectivity index (χ2n) is 6.59. The quantitative estimate of drug-likeness (QED) is 0.448. The average molecular weight is 398 g/mol. The summed E-state index contributed by atoms with van der Waals surface area (Å²) in [6.07, 6.45) is 2.41. The molecule has 0 radical (unpaired) electrons. The molecule has 150 valence electrons. The zero-order chi connectivity index (χ0) is 20.2. The first-order valence-electron chi connectivity index (χ1n) is 8.72. The summed E-state index contributed by atoms with van der Waals surface area (Å²) < 4.78 is 33.4. The van der Waals surface area contributed by atoms with Crippen LogP contribution in [0.5, 0.6) is 5.75 Å². The molecule has 0 spiro atoms. The third-order valence-electron chi connectivity index (χ3n) is 4.58. The predicted molar refractivity (Wildman–Crippen MR) is 99.7 cm³/mol. The minimum atomic E-state index is -3.87. The van der Waals surface area contributed by atoms with Crippen molar-refractivity contribution in [1.29, 1.82) is 0 Å². The molecule has 2 atom stereocenters. The van der Waals surface area contributed by atoms with Gasteiger partial charge in [0.05, 0.1) is 12.0 Å². The summed E-state index contributed by atoms with van der Waals surface area (Å²) in [5.74, 6) is -0.300. The molecule has 3 amide bonds. The summed E-state index contributed by atoms with van der Waals surface area (Å²) in [7, 11) is -2.47. The van der Waals surface area contributed by atoms with E-state index in [-0.39, 0.29) is 28.8 Å². The van der Waals surface area contributed by atoms with Gasteiger partial charge in [-0.2, -0.15) is 0 Å². The molecular weight excluding hydrogens is 372 g/mol. The number of hydrogen-bond acceptors (Lipinski definition) is 6. The Bertz CT molecular complexity index is 827. The van der Waals surface area contributed by atoms with Crippen LogP contribution in [0.3, 0.4) is 0 Å². The normalized spacial score (nSPS) is 20.9. The highest BCUT2D eigenvalue weighted by atomic mass is 32.2. The number of rotatable bonds is 9. The predicted octanol–water partition coefficient (Wildman–Crippen LogP) is 0.546. The van der Waals surface area contributed by atoms with Gasteiger partial charge in [0.2, 0.25) is 10.0 Å². The van der Waals surface area contributed by atoms with E-state index >= 15 is 0 Å². The van der Waals surface area contributed by atoms with E-state index in [1.807, 2.05) is 6.92 Å². The van der Waals surface area contributed by atoms with Gasteiger partial charge in [0, 0.05) is 18.2 Å². The van der Waals surface area contributed by atoms with E-state index in [4.69, 9.17) is 10.5 Å². The fourth-order valence-electron chi connectivity index (χ4n) is 2.94. The van der Waals surface area contributed by atoms with E-state index in [0.717, 1.165) is 12.8 Å². The number of amides is 3. The third-order valence-corrected chi connectivity index (χ3v) is 6.10. The standard InChI is InChI=1S/C17H26N4O5S/c1-4-5-6-11(10-18)21-27(24,25)12-7-8-14(26-3)13(9-12)17(2)15(22)19-16(23)20-17/h7-9,11,21H,4-6,10,18H2,1-3H3,(H2,19,20,22,23). The number of unbranched alkanes of at least 4 members (excludes halogenated alkanes) is 1. The number of imide groups is 1. The Morgan fingerprint density at radius 3 is 2.56 bits per heavy atom. The topological polar surface area (TPSA) is 140 Å². The van der Waals surface area contributed by atoms with Crippen LogP contribution in [0, 0.1) is 0 Å². The Kier molecular flexibility index (Phi) is 6.45. The van der Waals surface area contributed by atoms with Crippen molar-refractivity contribution in [2.45, 2.75) is 49.6 Å². The summed E-state index contributed by atoms with van der Waals surface area (Å²) in [6, 6.07) is 3.14. The van der Waals surface area contributed by atoms with Gasteiger partial charge in [-0.25, -0.2) is 17.9 Å². The van der Waals surface area contributed by atoms with Crippen LogP contribution < -0.4 is 25.8 Å². The summed E-state index contributed by atoms with van der Waals surface area (Å²) in [5, 5.41) is 4.67. The van der Waals surface area contributed by atoms with Crippen molar-refractivity contribution in [1.82, 2.24) is 15.4 Å². The van der Waals surface area contributed by atoms with Gasteiger partial charge in [0.25, 0.3) is 5.91 Å². The van der Waals surface area contributed by atoms with Crippen LogP contribution in [0.25, 0.3) is 0 Å². The monoisotopic (exact) mass is 398 g/mol. The Morgan fingerprint density at radius 1 is 1.33 bits per heavy atom. The lowest BCUT2D eigenvalue weighted by Crippen LogP contribution is -2.42. The highest BCUT2D eigenvalue weighted by Crippen LogP contribution is 2.34. The number of ether oxygens (including phenoxy) is 1. The maximum absolute atomic E-state index is 12.8. The molecule has 10 heteroatoms. The lowest BCUT2D eigenvalue weighted by atomic mass is 9.91. The fourth-order valence-corrected chi connectivity index (χ4v) is 4.25. The van der Waals surface area contributed by atoms with Crippen molar-refractivity contribution < 1.29 is 22.7 Å². The summed E-state index contributed by atoms with van der Waals surface area (Å²) >= 11 is 0. The van der Waals surface area contributed by atoms with E-state index in [1.165, 1.54) is 32.2 Å². The molecule has 1 saturated heterocycles. The van der Waals surface area contributed by atoms with Crippen LogP contribution in [0.1, 0.15) is 38.7 Å². The molecule has 0 saturated carbocycles. The third kappa shape index (κ3) is 4.40. The highest BCUT2D eigenvalue weighted by Gasteiger charge is 2.45. The molecule has 1 fully saturated rings. The van der Waals surface area contributed by atoms with Gasteiger partial charge in [0.1, 0.15) is 11.3 Å². The Hall–Kier alpha value is -2.17. The number of nitrogens with two attached hydrogens (primary N) is 1. The van der Waals surface area contributed by atoms with Gasteiger partial charge in [-0.3, -0.25) is 10.1 Å². The van der Waals surface area contributed by atoms with Crippen LogP contribution in [0.4, 0.5) is 4.79 Å². The number of benzene rings is 1. The van der Waals surface area contributed by atoms with E-state index in [9.17, 15) is 18.0 Å². The van der Waals surface area contributed by atoms with Gasteiger partial charge in [0.15, 0.2) is 0 Å². The summed E-state index contributed by atoms with van der Waals surface area (Å²) in [5.41, 5.74) is 4.48. The first-order chi connectivity index (χ1) is 12.7. The zero-order valence-corrected chi connectivity index (χ0v) is 16.5. The number of nitrogens with one attached hydrogen (secondary N) is 3. The zero-order valence-electron chi connectivity index (χ0n) is 15.7. The van der Waals surface area contributed by atoms with Gasteiger partial charge >= 0.3 is 6.03 Å². The number of carbonyl (C=O) groups is 2. The summed E-state index contributed by atoms with van der Waals surface area (Å²) in [6.45, 7) is 3.68. The largest absolute Gasteiger partial charge is 0.496 e. The Morgan fingerprint density at radius 2 is 2.04 bits per heavy atom. The second-order valence-corrected chi connectivity index (χ2v) is 8.31. The maximum Gasteiger partial charge on any atom is 0.322 e. The fraction of sp³-hybridized carbons (Fsp3) is 0.529. The number of urea groups is 1. The van der Waals surface area contributed by atoms with Crippen molar-refractivity contribution in [3.05, 3.63) is 23.8 Å². The van der Waals surface area contributed by atoms with Gasteiger partial charge < -0.3 is 15.8 Å². The van der Waals surface area contributed by atoms with Crippen LogP contribution in [-0.2, 0) is 20.4 Å². The molecule has 27 heavy (non-hydrogen) atoms. The highest BCUT2D eigenvalue weighted by molar-refractivity contribution is 7.89. The molecule has 0 bridgehead atoms. The molecule has 0 aliphatic carbocycles. The molecule has 1 aromatic carbocycles. The second kappa shape index (κ2) is 8.24. The molecule has 5 N–H and O–H groups in total. The number of hydrogen-bond donors (Lipinski definition) is 4. The van der Waals surface area contributed by atoms with Crippen LogP contribution in [-0.4, -0.2) is 40.1 Å². The first kappa shape index (κ1) is 21.1. The van der Waals surface area contributed by atoms with E-state index in [0.29, 0.717) is 6.42 Å². The van der Waals surface area contributed by atoms with Crippen molar-refractivity contribution in [3.8, 4) is 5.75 Å². The molecule has 2 unspecified atom stereocenters. The number of carbonyl (C=O) groups excluding carboxylic acids is 2. The van der Waals surface area contributed by atoms with Crippen molar-refractivity contribution in [3.63, 3.8) is 0 Å². The van der Waals surface area contributed by atoms with Crippen molar-refractivity contribution >= 4 is 22.0 Å². The summed E-state index contributed by atoms with van der Waals surface area (Å²) in [4.78, 5) is 23.8. The molecule has 9 nitrogen and oxygen atoms in total. The van der Waals surface area contributed by atoms with E-state index in [1.54, 1.807) is 0 Å². The Labute approximate surface area is 159 Å². The minimum absolute atomic E-state index is 0.0385. The Balaban J connectivity index is 2.42. The molecule has 2 rings (SSSR count). The smallest absolute Gasteiger partial charge is 0.322 e. The van der Waals surface area contributed by atoms with Crippen LogP contribution in [0.15, 0.2) is 23.1 Å². The van der Waals surface area contributed by atoms with Crippen molar-refractivity contribution in [2.75, 3.05) is 13.7 Å². The molecular formula is C17H26N4O5S. The SMILES string of the molecule is CCCCC(CN)NS(=O)(=O)c1ccc(OC)c(C2(C)NC(=O)NC2=O)c1. The van der Waals surface area contributed by atoms with Gasteiger partial charge in [-0.1, -0.05) is 19.8 Å². The van der Waals surface area contributed by atoms with Gasteiger partial charge in [-0.15, -0.1) is 0 Å². The van der Waals surface area contributed by atoms with Gasteiger partial charge in [-0.05, 0) is 31.5 Å².